The van der Waals surface area contributed by atoms with Gasteiger partial charge in [-0.2, -0.15) is 0 Å². The van der Waals surface area contributed by atoms with Crippen molar-refractivity contribution in [2.24, 2.45) is 0 Å². The number of aromatic carboxylic acids is 1. The number of carboxylic acid groups (broad SMARTS) is 1. The van der Waals surface area contributed by atoms with Gasteiger partial charge in [0.2, 0.25) is 0 Å². The van der Waals surface area contributed by atoms with Crippen molar-refractivity contribution in [1.82, 2.24) is 0 Å². The molecule has 2 aromatic carbocycles. The first-order chi connectivity index (χ1) is 9.72. The van der Waals surface area contributed by atoms with Crippen LogP contribution in [0.25, 0.3) is 6.08 Å². The number of ether oxygens (including phenoxy) is 1. The molecule has 20 heavy (non-hydrogen) atoms. The van der Waals surface area contributed by atoms with E-state index in [4.69, 9.17) is 9.84 Å². The molecular weight excluding hydrogens is 254 g/mol. The summed E-state index contributed by atoms with van der Waals surface area (Å²) in [6, 6.07) is 14.3. The quantitative estimate of drug-likeness (QED) is 0.894. The molecule has 1 aliphatic rings. The summed E-state index contributed by atoms with van der Waals surface area (Å²) in [5, 5.41) is 12.0. The highest BCUT2D eigenvalue weighted by Crippen LogP contribution is 2.34. The van der Waals surface area contributed by atoms with E-state index in [-0.39, 0.29) is 5.56 Å². The van der Waals surface area contributed by atoms with Crippen LogP contribution in [-0.2, 0) is 0 Å². The van der Waals surface area contributed by atoms with Gasteiger partial charge in [0.05, 0.1) is 11.3 Å². The molecule has 0 aromatic heterocycles. The zero-order valence-electron chi connectivity index (χ0n) is 10.5. The molecule has 0 amide bonds. The van der Waals surface area contributed by atoms with E-state index >= 15 is 0 Å². The molecule has 4 heteroatoms. The van der Waals surface area contributed by atoms with Crippen LogP contribution in [-0.4, -0.2) is 11.1 Å². The van der Waals surface area contributed by atoms with Crippen LogP contribution < -0.4 is 10.1 Å². The maximum absolute atomic E-state index is 10.8. The second kappa shape index (κ2) is 5.09. The summed E-state index contributed by atoms with van der Waals surface area (Å²) in [7, 11) is 0. The molecule has 1 radical (unpaired) electrons. The minimum absolute atomic E-state index is 0.275. The van der Waals surface area contributed by atoms with Crippen molar-refractivity contribution in [1.29, 1.82) is 0 Å². The Balaban J connectivity index is 1.68. The lowest BCUT2D eigenvalue weighted by Gasteiger charge is -2.02. The van der Waals surface area contributed by atoms with Crippen molar-refractivity contribution in [3.63, 3.8) is 0 Å². The topological polar surface area (TPSA) is 58.6 Å². The summed E-state index contributed by atoms with van der Waals surface area (Å²) in [6.07, 6.45) is 4.32. The SMILES string of the molecule is O=C(O)c1ccc(/C=C/[C]2Nc3ccccc3O2)cc1. The Kier molecular flexibility index (Phi) is 3.13. The Morgan fingerprint density at radius 1 is 1.05 bits per heavy atom. The largest absolute Gasteiger partial charge is 0.478 e. The minimum Gasteiger partial charge on any atom is -0.478 e. The molecule has 1 aliphatic heterocycles. The van der Waals surface area contributed by atoms with Gasteiger partial charge in [-0.1, -0.05) is 30.3 Å². The van der Waals surface area contributed by atoms with E-state index in [2.05, 4.69) is 5.32 Å². The van der Waals surface area contributed by atoms with Gasteiger partial charge in [-0.25, -0.2) is 4.79 Å². The first kappa shape index (κ1) is 12.3. The van der Waals surface area contributed by atoms with Gasteiger partial charge in [0.25, 0.3) is 6.23 Å². The van der Waals surface area contributed by atoms with Gasteiger partial charge < -0.3 is 15.2 Å². The number of rotatable bonds is 3. The van der Waals surface area contributed by atoms with Crippen LogP contribution >= 0.6 is 0 Å². The standard InChI is InChI=1S/C16H12NO3/c18-16(19)12-8-5-11(6-9-12)7-10-15-17-13-3-1-2-4-14(13)20-15/h1-10,17H,(H,18,19)/b10-7+. The van der Waals surface area contributed by atoms with Crippen LogP contribution in [0.15, 0.2) is 54.6 Å². The van der Waals surface area contributed by atoms with Crippen molar-refractivity contribution < 1.29 is 14.6 Å². The van der Waals surface area contributed by atoms with E-state index in [1.54, 1.807) is 24.3 Å². The smallest absolute Gasteiger partial charge is 0.335 e. The monoisotopic (exact) mass is 266 g/mol. The van der Waals surface area contributed by atoms with Gasteiger partial charge in [0.1, 0.15) is 5.75 Å². The van der Waals surface area contributed by atoms with Crippen molar-refractivity contribution in [3.8, 4) is 5.75 Å². The number of hydrogen-bond donors (Lipinski definition) is 2. The Morgan fingerprint density at radius 3 is 2.50 bits per heavy atom. The highest BCUT2D eigenvalue weighted by Gasteiger charge is 2.19. The Hall–Kier alpha value is -2.75. The fourth-order valence-corrected chi connectivity index (χ4v) is 1.92. The van der Waals surface area contributed by atoms with E-state index in [0.29, 0.717) is 6.23 Å². The maximum Gasteiger partial charge on any atom is 0.335 e. The molecule has 0 fully saturated rings. The van der Waals surface area contributed by atoms with Crippen LogP contribution in [0.2, 0.25) is 0 Å². The van der Waals surface area contributed by atoms with Crippen LogP contribution in [0.3, 0.4) is 0 Å². The van der Waals surface area contributed by atoms with Crippen molar-refractivity contribution in [2.75, 3.05) is 5.32 Å². The molecule has 0 saturated carbocycles. The van der Waals surface area contributed by atoms with Gasteiger partial charge in [-0.05, 0) is 35.9 Å². The fourth-order valence-electron chi connectivity index (χ4n) is 1.92. The second-order valence-electron chi connectivity index (χ2n) is 4.35. The summed E-state index contributed by atoms with van der Waals surface area (Å²) >= 11 is 0. The fraction of sp³-hybridized carbons (Fsp3) is 0. The third-order valence-electron chi connectivity index (χ3n) is 2.95. The maximum atomic E-state index is 10.8. The summed E-state index contributed by atoms with van der Waals surface area (Å²) in [5.74, 6) is -0.125. The van der Waals surface area contributed by atoms with Gasteiger partial charge in [-0.15, -0.1) is 0 Å². The second-order valence-corrected chi connectivity index (χ2v) is 4.35. The zero-order valence-corrected chi connectivity index (χ0v) is 10.5. The lowest BCUT2D eigenvalue weighted by molar-refractivity contribution is 0.0697. The average Bonchev–Trinajstić information content (AvgIpc) is 2.88. The number of anilines is 1. The van der Waals surface area contributed by atoms with Gasteiger partial charge in [-0.3, -0.25) is 0 Å². The number of carbonyl (C=O) groups is 1. The molecule has 99 valence electrons. The van der Waals surface area contributed by atoms with E-state index in [0.717, 1.165) is 17.0 Å². The van der Waals surface area contributed by atoms with Gasteiger partial charge in [0, 0.05) is 0 Å². The van der Waals surface area contributed by atoms with E-state index in [1.165, 1.54) is 0 Å². The van der Waals surface area contributed by atoms with Gasteiger partial charge >= 0.3 is 5.97 Å². The Morgan fingerprint density at radius 2 is 1.80 bits per heavy atom. The first-order valence-corrected chi connectivity index (χ1v) is 6.15. The molecule has 4 nitrogen and oxygen atoms in total. The van der Waals surface area contributed by atoms with Crippen molar-refractivity contribution in [3.05, 3.63) is 72.0 Å². The summed E-state index contributed by atoms with van der Waals surface area (Å²) in [6.45, 7) is 0. The summed E-state index contributed by atoms with van der Waals surface area (Å²) < 4.78 is 5.62. The highest BCUT2D eigenvalue weighted by molar-refractivity contribution is 5.87. The number of carboxylic acids is 1. The van der Waals surface area contributed by atoms with E-state index in [1.807, 2.05) is 36.4 Å². The predicted molar refractivity (Wildman–Crippen MR) is 76.4 cm³/mol. The Bertz CT molecular complexity index is 637. The van der Waals surface area contributed by atoms with Crippen molar-refractivity contribution in [2.45, 2.75) is 0 Å². The predicted octanol–water partition coefficient (Wildman–Crippen LogP) is 3.39. The molecule has 0 bridgehead atoms. The average molecular weight is 266 g/mol. The lowest BCUT2D eigenvalue weighted by Crippen LogP contribution is -2.05. The molecule has 0 aliphatic carbocycles. The molecule has 2 aromatic rings. The molecule has 3 rings (SSSR count). The molecule has 0 saturated heterocycles. The number of hydrogen-bond acceptors (Lipinski definition) is 3. The Labute approximate surface area is 116 Å². The summed E-state index contributed by atoms with van der Waals surface area (Å²) in [5.41, 5.74) is 2.12. The number of nitrogens with one attached hydrogen (secondary N) is 1. The number of para-hydroxylation sites is 2. The number of benzene rings is 2. The third kappa shape index (κ3) is 2.49. The van der Waals surface area contributed by atoms with Crippen molar-refractivity contribution >= 4 is 17.7 Å². The molecule has 0 unspecified atom stereocenters. The van der Waals surface area contributed by atoms with E-state index in [9.17, 15) is 4.79 Å². The first-order valence-electron chi connectivity index (χ1n) is 6.15. The normalized spacial score (nSPS) is 13.8. The third-order valence-corrected chi connectivity index (χ3v) is 2.95. The van der Waals surface area contributed by atoms with Crippen LogP contribution in [0, 0.1) is 6.23 Å². The zero-order chi connectivity index (χ0) is 13.9. The van der Waals surface area contributed by atoms with E-state index < -0.39 is 5.97 Å². The minimum atomic E-state index is -0.925. The van der Waals surface area contributed by atoms with Gasteiger partial charge in [0.15, 0.2) is 0 Å². The summed E-state index contributed by atoms with van der Waals surface area (Å²) in [4.78, 5) is 10.8. The van der Waals surface area contributed by atoms with Crippen LogP contribution in [0.1, 0.15) is 15.9 Å². The molecule has 2 N–H and O–H groups in total. The molecule has 0 atom stereocenters. The lowest BCUT2D eigenvalue weighted by atomic mass is 10.1. The van der Waals surface area contributed by atoms with Crippen LogP contribution in [0.4, 0.5) is 5.69 Å². The number of fused-ring (bicyclic) bond motifs is 1. The van der Waals surface area contributed by atoms with Crippen LogP contribution in [0.5, 0.6) is 5.75 Å². The molecule has 1 heterocycles. The molecule has 0 spiro atoms. The highest BCUT2D eigenvalue weighted by atomic mass is 16.5. The molecular formula is C16H12NO3.